The van der Waals surface area contributed by atoms with Gasteiger partial charge < -0.3 is 9.80 Å². The van der Waals surface area contributed by atoms with Gasteiger partial charge in [0.1, 0.15) is 4.21 Å². The van der Waals surface area contributed by atoms with Gasteiger partial charge in [0.2, 0.25) is 11.8 Å². The lowest BCUT2D eigenvalue weighted by Crippen LogP contribution is -2.51. The summed E-state index contributed by atoms with van der Waals surface area (Å²) < 4.78 is 27.4. The Morgan fingerprint density at radius 1 is 0.929 bits per heavy atom. The van der Waals surface area contributed by atoms with Crippen molar-refractivity contribution >= 4 is 33.2 Å². The molecule has 2 aliphatic heterocycles. The van der Waals surface area contributed by atoms with Crippen LogP contribution in [0.25, 0.3) is 0 Å². The molecule has 7 nitrogen and oxygen atoms in total. The van der Waals surface area contributed by atoms with Gasteiger partial charge in [0.25, 0.3) is 10.0 Å². The highest BCUT2D eigenvalue weighted by Crippen LogP contribution is 2.31. The summed E-state index contributed by atoms with van der Waals surface area (Å²) in [6.07, 6.45) is 5.11. The zero-order valence-electron chi connectivity index (χ0n) is 16.0. The molecule has 154 valence electrons. The van der Waals surface area contributed by atoms with E-state index in [9.17, 15) is 18.0 Å². The molecule has 2 saturated heterocycles. The Morgan fingerprint density at radius 2 is 1.57 bits per heavy atom. The van der Waals surface area contributed by atoms with Crippen molar-refractivity contribution in [1.29, 1.82) is 0 Å². The Hall–Kier alpha value is -1.45. The molecule has 9 heteroatoms. The average molecular weight is 426 g/mol. The topological polar surface area (TPSA) is 78.0 Å². The minimum absolute atomic E-state index is 0.00212. The van der Waals surface area contributed by atoms with Crippen LogP contribution in [0.3, 0.4) is 0 Å². The van der Waals surface area contributed by atoms with Crippen molar-refractivity contribution in [3.05, 3.63) is 17.0 Å². The van der Waals surface area contributed by atoms with E-state index in [1.165, 1.54) is 11.3 Å². The first-order chi connectivity index (χ1) is 13.4. The number of thiophene rings is 1. The Bertz CT molecular complexity index is 833. The van der Waals surface area contributed by atoms with Gasteiger partial charge in [-0.1, -0.05) is 6.42 Å². The minimum atomic E-state index is -3.44. The molecule has 0 spiro atoms. The molecule has 3 fully saturated rings. The fourth-order valence-electron chi connectivity index (χ4n) is 3.85. The van der Waals surface area contributed by atoms with Crippen LogP contribution in [-0.4, -0.2) is 73.6 Å². The molecule has 3 aliphatic rings. The van der Waals surface area contributed by atoms with Gasteiger partial charge in [0.05, 0.1) is 6.42 Å². The third kappa shape index (κ3) is 4.26. The number of sulfonamides is 1. The van der Waals surface area contributed by atoms with Crippen LogP contribution < -0.4 is 0 Å². The molecule has 1 aliphatic carbocycles. The van der Waals surface area contributed by atoms with Crippen LogP contribution in [0, 0.1) is 5.92 Å². The number of amides is 2. The van der Waals surface area contributed by atoms with E-state index in [1.807, 2.05) is 4.90 Å². The van der Waals surface area contributed by atoms with Crippen molar-refractivity contribution in [3.63, 3.8) is 0 Å². The fourth-order valence-corrected chi connectivity index (χ4v) is 6.87. The van der Waals surface area contributed by atoms with Crippen LogP contribution in [0.1, 0.15) is 37.0 Å². The molecule has 0 radical (unpaired) electrons. The maximum Gasteiger partial charge on any atom is 0.252 e. The molecule has 1 aromatic heterocycles. The van der Waals surface area contributed by atoms with Crippen molar-refractivity contribution in [2.75, 3.05) is 39.3 Å². The highest BCUT2D eigenvalue weighted by molar-refractivity contribution is 7.91. The predicted octanol–water partition coefficient (Wildman–Crippen LogP) is 1.55. The molecule has 0 aromatic carbocycles. The van der Waals surface area contributed by atoms with Crippen LogP contribution in [-0.2, 0) is 26.0 Å². The van der Waals surface area contributed by atoms with Gasteiger partial charge in [-0.3, -0.25) is 9.59 Å². The largest absolute Gasteiger partial charge is 0.339 e. The van der Waals surface area contributed by atoms with Crippen molar-refractivity contribution in [3.8, 4) is 0 Å². The maximum absolute atomic E-state index is 12.8. The van der Waals surface area contributed by atoms with Crippen LogP contribution in [0.5, 0.6) is 0 Å². The van der Waals surface area contributed by atoms with Crippen molar-refractivity contribution < 1.29 is 18.0 Å². The number of carbonyl (C=O) groups is 2. The van der Waals surface area contributed by atoms with Crippen LogP contribution in [0.2, 0.25) is 0 Å². The molecule has 4 rings (SSSR count). The number of hydrogen-bond donors (Lipinski definition) is 0. The van der Waals surface area contributed by atoms with Gasteiger partial charge in [-0.2, -0.15) is 4.31 Å². The van der Waals surface area contributed by atoms with E-state index in [4.69, 9.17) is 0 Å². The summed E-state index contributed by atoms with van der Waals surface area (Å²) in [5.74, 6) is 0.453. The molecule has 3 heterocycles. The van der Waals surface area contributed by atoms with Crippen molar-refractivity contribution in [2.45, 2.75) is 42.7 Å². The van der Waals surface area contributed by atoms with Gasteiger partial charge >= 0.3 is 0 Å². The second-order valence-corrected chi connectivity index (χ2v) is 11.2. The number of hydrogen-bond acceptors (Lipinski definition) is 5. The SMILES string of the molecule is O=C(Cc1ccc(S(=O)(=O)N2CCCCC2)s1)N1CCN(C(=O)C2CC2)CC1. The standard InChI is InChI=1S/C19H27N3O4S2/c23-17(20-10-12-21(13-11-20)19(24)15-4-5-15)14-16-6-7-18(27-16)28(25,26)22-8-2-1-3-9-22/h6-7,15H,1-5,8-14H2. The average Bonchev–Trinajstić information content (AvgIpc) is 3.46. The summed E-state index contributed by atoms with van der Waals surface area (Å²) in [5, 5.41) is 0. The second kappa shape index (κ2) is 8.12. The fraction of sp³-hybridized carbons (Fsp3) is 0.684. The summed E-state index contributed by atoms with van der Waals surface area (Å²) in [4.78, 5) is 29.2. The first kappa shape index (κ1) is 19.8. The highest BCUT2D eigenvalue weighted by Gasteiger charge is 2.35. The molecular formula is C19H27N3O4S2. The van der Waals surface area contributed by atoms with E-state index in [-0.39, 0.29) is 24.2 Å². The van der Waals surface area contributed by atoms with Gasteiger partial charge in [0.15, 0.2) is 0 Å². The molecule has 1 saturated carbocycles. The van der Waals surface area contributed by atoms with Gasteiger partial charge in [0, 0.05) is 50.1 Å². The quantitative estimate of drug-likeness (QED) is 0.717. The van der Waals surface area contributed by atoms with Gasteiger partial charge in [-0.15, -0.1) is 11.3 Å². The number of rotatable bonds is 5. The third-order valence-corrected chi connectivity index (χ3v) is 9.19. The normalized spacial score (nSPS) is 21.7. The zero-order valence-corrected chi connectivity index (χ0v) is 17.6. The Morgan fingerprint density at radius 3 is 2.21 bits per heavy atom. The lowest BCUT2D eigenvalue weighted by atomic mass is 10.2. The van der Waals surface area contributed by atoms with E-state index >= 15 is 0 Å². The summed E-state index contributed by atoms with van der Waals surface area (Å²) in [6, 6.07) is 3.38. The lowest BCUT2D eigenvalue weighted by molar-refractivity contribution is -0.139. The van der Waals surface area contributed by atoms with Crippen LogP contribution >= 0.6 is 11.3 Å². The summed E-state index contributed by atoms with van der Waals surface area (Å²) >= 11 is 1.20. The van der Waals surface area contributed by atoms with Gasteiger partial charge in [-0.05, 0) is 37.8 Å². The van der Waals surface area contributed by atoms with Crippen molar-refractivity contribution in [2.24, 2.45) is 5.92 Å². The Balaban J connectivity index is 1.32. The molecule has 0 bridgehead atoms. The first-order valence-corrected chi connectivity index (χ1v) is 12.4. The predicted molar refractivity (Wildman–Crippen MR) is 107 cm³/mol. The molecule has 0 unspecified atom stereocenters. The molecular weight excluding hydrogens is 398 g/mol. The maximum atomic E-state index is 12.8. The lowest BCUT2D eigenvalue weighted by Gasteiger charge is -2.35. The van der Waals surface area contributed by atoms with E-state index < -0.39 is 10.0 Å². The van der Waals surface area contributed by atoms with Crippen molar-refractivity contribution in [1.82, 2.24) is 14.1 Å². The molecule has 28 heavy (non-hydrogen) atoms. The van der Waals surface area contributed by atoms with E-state index in [0.29, 0.717) is 43.5 Å². The van der Waals surface area contributed by atoms with E-state index in [0.717, 1.165) is 37.0 Å². The van der Waals surface area contributed by atoms with E-state index in [2.05, 4.69) is 0 Å². The first-order valence-electron chi connectivity index (χ1n) is 10.1. The number of piperidine rings is 1. The Labute approximate surface area is 170 Å². The number of nitrogens with zero attached hydrogens (tertiary/aromatic N) is 3. The molecule has 2 amide bonds. The molecule has 0 N–H and O–H groups in total. The van der Waals surface area contributed by atoms with E-state index in [1.54, 1.807) is 21.3 Å². The summed E-state index contributed by atoms with van der Waals surface area (Å²) in [6.45, 7) is 3.47. The summed E-state index contributed by atoms with van der Waals surface area (Å²) in [5.41, 5.74) is 0. The van der Waals surface area contributed by atoms with Crippen LogP contribution in [0.15, 0.2) is 16.3 Å². The third-order valence-electron chi connectivity index (χ3n) is 5.74. The molecule has 0 atom stereocenters. The minimum Gasteiger partial charge on any atom is -0.339 e. The second-order valence-electron chi connectivity index (χ2n) is 7.84. The number of piperazine rings is 1. The summed E-state index contributed by atoms with van der Waals surface area (Å²) in [7, 11) is -3.44. The van der Waals surface area contributed by atoms with Crippen LogP contribution in [0.4, 0.5) is 0 Å². The smallest absolute Gasteiger partial charge is 0.252 e. The monoisotopic (exact) mass is 425 g/mol. The number of carbonyl (C=O) groups excluding carboxylic acids is 2. The highest BCUT2D eigenvalue weighted by atomic mass is 32.2. The Kier molecular flexibility index (Phi) is 5.76. The zero-order chi connectivity index (χ0) is 19.7. The molecule has 1 aromatic rings. The van der Waals surface area contributed by atoms with Gasteiger partial charge in [-0.25, -0.2) is 8.42 Å².